The zero-order chi connectivity index (χ0) is 22.5. The van der Waals surface area contributed by atoms with Crippen molar-refractivity contribution in [1.82, 2.24) is 14.9 Å². The molecule has 0 amide bonds. The second kappa shape index (κ2) is 7.93. The van der Waals surface area contributed by atoms with Crippen LogP contribution in [-0.2, 0) is 4.74 Å². The van der Waals surface area contributed by atoms with Gasteiger partial charge in [-0.25, -0.2) is 0 Å². The molecule has 0 N–H and O–H groups in total. The van der Waals surface area contributed by atoms with E-state index in [1.807, 2.05) is 60.7 Å². The molecule has 0 bridgehead atoms. The summed E-state index contributed by atoms with van der Waals surface area (Å²) in [5, 5.41) is 2.04. The van der Waals surface area contributed by atoms with Crippen LogP contribution < -0.4 is 9.47 Å². The van der Waals surface area contributed by atoms with Gasteiger partial charge in [-0.3, -0.25) is 14.7 Å². The Morgan fingerprint density at radius 3 is 2.06 bits per heavy atom. The highest BCUT2D eigenvalue weighted by atomic mass is 16.9. The van der Waals surface area contributed by atoms with Crippen LogP contribution in [0.2, 0.25) is 0 Å². The van der Waals surface area contributed by atoms with E-state index in [-0.39, 0.29) is 6.10 Å². The molecule has 4 aromatic rings. The normalized spacial score (nSPS) is 25.8. The molecule has 3 fully saturated rings. The highest BCUT2D eigenvalue weighted by Gasteiger charge is 2.62. The molecule has 2 aromatic heterocycles. The van der Waals surface area contributed by atoms with E-state index in [0.29, 0.717) is 23.5 Å². The molecular weight excluding hydrogens is 426 g/mol. The number of piperidine rings is 1. The molecule has 7 rings (SSSR count). The number of rotatable bonds is 4. The SMILES string of the molecule is c1cnc2c(OC3(Oc4cccc5cccnc45)OC4CCCC5CCCN3C54)cccc2c1. The number of nitrogens with zero attached hydrogens (tertiary/aromatic N) is 3. The maximum absolute atomic E-state index is 6.80. The molecule has 3 atom stereocenters. The Labute approximate surface area is 198 Å². The molecular formula is C28H27N3O3. The van der Waals surface area contributed by atoms with Crippen molar-refractivity contribution in [2.45, 2.75) is 50.3 Å². The van der Waals surface area contributed by atoms with Crippen LogP contribution in [0.25, 0.3) is 21.8 Å². The molecule has 3 aliphatic rings. The second-order valence-electron chi connectivity index (χ2n) is 9.56. The average Bonchev–Trinajstić information content (AvgIpc) is 3.19. The van der Waals surface area contributed by atoms with Crippen LogP contribution in [0.3, 0.4) is 0 Å². The third-order valence-electron chi connectivity index (χ3n) is 7.58. The summed E-state index contributed by atoms with van der Waals surface area (Å²) in [6, 6.07) is 20.3. The predicted molar refractivity (Wildman–Crippen MR) is 129 cm³/mol. The number of aromatic nitrogens is 2. The number of hydrogen-bond acceptors (Lipinski definition) is 6. The molecule has 4 heterocycles. The number of hydrogen-bond donors (Lipinski definition) is 0. The highest BCUT2D eigenvalue weighted by molar-refractivity contribution is 5.85. The van der Waals surface area contributed by atoms with Gasteiger partial charge in [0.15, 0.2) is 11.5 Å². The Morgan fingerprint density at radius 1 is 0.765 bits per heavy atom. The Hall–Kier alpha value is -3.22. The van der Waals surface area contributed by atoms with Crippen molar-refractivity contribution in [1.29, 1.82) is 0 Å². The van der Waals surface area contributed by atoms with E-state index in [4.69, 9.17) is 14.2 Å². The summed E-state index contributed by atoms with van der Waals surface area (Å²) in [7, 11) is 0. The van der Waals surface area contributed by atoms with Crippen LogP contribution in [0.4, 0.5) is 0 Å². The first-order chi connectivity index (χ1) is 16.8. The van der Waals surface area contributed by atoms with Gasteiger partial charge in [-0.1, -0.05) is 42.8 Å². The minimum atomic E-state index is -1.37. The molecule has 34 heavy (non-hydrogen) atoms. The molecule has 0 spiro atoms. The summed E-state index contributed by atoms with van der Waals surface area (Å²) in [6.07, 6.45) is 8.10. The number of para-hydroxylation sites is 2. The fourth-order valence-corrected chi connectivity index (χ4v) is 6.16. The van der Waals surface area contributed by atoms with Gasteiger partial charge in [0.1, 0.15) is 11.0 Å². The topological polar surface area (TPSA) is 56.7 Å². The molecule has 3 unspecified atom stereocenters. The summed E-state index contributed by atoms with van der Waals surface area (Å²) in [5.74, 6) is 1.93. The molecule has 6 nitrogen and oxygen atoms in total. The van der Waals surface area contributed by atoms with E-state index in [2.05, 4.69) is 14.9 Å². The molecule has 1 saturated carbocycles. The van der Waals surface area contributed by atoms with Crippen molar-refractivity contribution >= 4 is 21.8 Å². The molecule has 0 radical (unpaired) electrons. The minimum Gasteiger partial charge on any atom is -0.415 e. The summed E-state index contributed by atoms with van der Waals surface area (Å²) in [5.41, 5.74) is 1.60. The van der Waals surface area contributed by atoms with Crippen LogP contribution in [0.5, 0.6) is 11.5 Å². The van der Waals surface area contributed by atoms with E-state index >= 15 is 0 Å². The van der Waals surface area contributed by atoms with Crippen molar-refractivity contribution < 1.29 is 14.2 Å². The fourth-order valence-electron chi connectivity index (χ4n) is 6.16. The smallest absolute Gasteiger partial charge is 0.415 e. The summed E-state index contributed by atoms with van der Waals surface area (Å²) in [6.45, 7) is 0.869. The van der Waals surface area contributed by atoms with E-state index < -0.39 is 6.10 Å². The molecule has 2 aliphatic heterocycles. The lowest BCUT2D eigenvalue weighted by atomic mass is 9.77. The quantitative estimate of drug-likeness (QED) is 0.380. The van der Waals surface area contributed by atoms with E-state index in [9.17, 15) is 0 Å². The summed E-state index contributed by atoms with van der Waals surface area (Å²) in [4.78, 5) is 11.6. The van der Waals surface area contributed by atoms with E-state index in [0.717, 1.165) is 41.2 Å². The zero-order valence-electron chi connectivity index (χ0n) is 19.0. The second-order valence-corrected chi connectivity index (χ2v) is 9.56. The lowest BCUT2D eigenvalue weighted by molar-refractivity contribution is -0.351. The fraction of sp³-hybridized carbons (Fsp3) is 0.357. The van der Waals surface area contributed by atoms with E-state index in [1.165, 1.54) is 19.3 Å². The van der Waals surface area contributed by atoms with Gasteiger partial charge >= 0.3 is 6.10 Å². The lowest BCUT2D eigenvalue weighted by Gasteiger charge is -2.43. The van der Waals surface area contributed by atoms with Crippen molar-refractivity contribution in [3.05, 3.63) is 73.1 Å². The van der Waals surface area contributed by atoms with Crippen LogP contribution in [-0.4, -0.2) is 39.7 Å². The molecule has 2 aromatic carbocycles. The zero-order valence-corrected chi connectivity index (χ0v) is 19.0. The maximum atomic E-state index is 6.80. The summed E-state index contributed by atoms with van der Waals surface area (Å²) >= 11 is 0. The van der Waals surface area contributed by atoms with Gasteiger partial charge in [-0.15, -0.1) is 0 Å². The third kappa shape index (κ3) is 3.16. The van der Waals surface area contributed by atoms with Gasteiger partial charge in [0.2, 0.25) is 0 Å². The first-order valence-electron chi connectivity index (χ1n) is 12.3. The molecule has 172 valence electrons. The van der Waals surface area contributed by atoms with Gasteiger partial charge in [-0.05, 0) is 55.9 Å². The number of ether oxygens (including phenoxy) is 3. The van der Waals surface area contributed by atoms with Crippen molar-refractivity contribution in [3.8, 4) is 11.5 Å². The van der Waals surface area contributed by atoms with Gasteiger partial charge in [0.05, 0.1) is 6.10 Å². The van der Waals surface area contributed by atoms with E-state index in [1.54, 1.807) is 12.4 Å². The monoisotopic (exact) mass is 453 g/mol. The van der Waals surface area contributed by atoms with Crippen LogP contribution >= 0.6 is 0 Å². The summed E-state index contributed by atoms with van der Waals surface area (Å²) < 4.78 is 20.4. The maximum Gasteiger partial charge on any atom is 0.447 e. The minimum absolute atomic E-state index is 0.0879. The average molecular weight is 454 g/mol. The Kier molecular flexibility index (Phi) is 4.71. The van der Waals surface area contributed by atoms with Crippen LogP contribution in [0, 0.1) is 5.92 Å². The Morgan fingerprint density at radius 2 is 1.38 bits per heavy atom. The standard InChI is InChI=1S/C28H27N3O3/c1-7-19-10-4-16-29-25(19)22(13-1)32-28(33-23-14-2-8-20-11-5-17-30-26(20)23)31-18-6-12-21-9-3-15-24(34-28)27(21)31/h1-2,4-5,7-8,10-11,13-14,16-17,21,24,27H,3,6,9,12,15,18H2. The first-order valence-corrected chi connectivity index (χ1v) is 12.3. The van der Waals surface area contributed by atoms with Crippen molar-refractivity contribution in [3.63, 3.8) is 0 Å². The van der Waals surface area contributed by atoms with Gasteiger partial charge < -0.3 is 9.47 Å². The van der Waals surface area contributed by atoms with Crippen LogP contribution in [0.1, 0.15) is 32.1 Å². The van der Waals surface area contributed by atoms with Gasteiger partial charge in [0, 0.05) is 35.8 Å². The van der Waals surface area contributed by atoms with Crippen LogP contribution in [0.15, 0.2) is 73.1 Å². The number of pyridine rings is 2. The molecule has 2 saturated heterocycles. The number of fused-ring (bicyclic) bond motifs is 2. The lowest BCUT2D eigenvalue weighted by Crippen LogP contribution is -2.60. The molecule has 6 heteroatoms. The first kappa shape index (κ1) is 20.2. The van der Waals surface area contributed by atoms with Gasteiger partial charge in [-0.2, -0.15) is 4.90 Å². The van der Waals surface area contributed by atoms with Gasteiger partial charge in [0.25, 0.3) is 0 Å². The highest BCUT2D eigenvalue weighted by Crippen LogP contribution is 2.48. The molecule has 1 aliphatic carbocycles. The third-order valence-corrected chi connectivity index (χ3v) is 7.58. The Bertz CT molecular complexity index is 1270. The van der Waals surface area contributed by atoms with Crippen molar-refractivity contribution in [2.75, 3.05) is 6.54 Å². The predicted octanol–water partition coefficient (Wildman–Crippen LogP) is 5.52. The Balaban J connectivity index is 1.37. The number of benzene rings is 2. The van der Waals surface area contributed by atoms with Crippen molar-refractivity contribution in [2.24, 2.45) is 5.92 Å². The largest absolute Gasteiger partial charge is 0.447 e.